The molecule has 1 atom stereocenters. The number of urea groups is 1. The minimum atomic E-state index is -1.00. The molecule has 1 aromatic heterocycles. The first kappa shape index (κ1) is 28.3. The molecule has 0 bridgehead atoms. The number of H-pyrrole nitrogens is 1. The van der Waals surface area contributed by atoms with Gasteiger partial charge in [-0.25, -0.2) is 9.59 Å². The predicted octanol–water partition coefficient (Wildman–Crippen LogP) is 3.77. The molecule has 12 heteroatoms. The Morgan fingerprint density at radius 3 is 2.57 bits per heavy atom. The molecule has 2 fully saturated rings. The van der Waals surface area contributed by atoms with Crippen molar-refractivity contribution in [3.63, 3.8) is 0 Å². The van der Waals surface area contributed by atoms with Crippen molar-refractivity contribution in [1.82, 2.24) is 24.9 Å². The molecule has 1 unspecified atom stereocenters. The van der Waals surface area contributed by atoms with Crippen LogP contribution in [0.3, 0.4) is 0 Å². The monoisotopic (exact) mass is 593 g/mol. The van der Waals surface area contributed by atoms with Gasteiger partial charge in [0.05, 0.1) is 16.7 Å². The zero-order chi connectivity index (χ0) is 29.2. The van der Waals surface area contributed by atoms with E-state index in [0.29, 0.717) is 63.4 Å². The highest BCUT2D eigenvalue weighted by Gasteiger charge is 2.35. The molecule has 4 N–H and O–H groups in total. The Hall–Kier alpha value is -3.83. The second kappa shape index (κ2) is 12.2. The minimum Gasteiger partial charge on any atom is -0.436 e. The second-order valence-corrected chi connectivity index (χ2v) is 11.8. The molecule has 11 nitrogen and oxygen atoms in total. The average Bonchev–Trinajstić information content (AvgIpc) is 3.40. The van der Waals surface area contributed by atoms with E-state index in [4.69, 9.17) is 22.1 Å². The summed E-state index contributed by atoms with van der Waals surface area (Å²) in [5.41, 5.74) is 9.52. The Kier molecular flexibility index (Phi) is 8.21. The lowest BCUT2D eigenvalue weighted by Crippen LogP contribution is -2.52. The van der Waals surface area contributed by atoms with Crippen LogP contribution in [0, 0.1) is 0 Å². The number of benzene rings is 2. The van der Waals surface area contributed by atoms with E-state index in [9.17, 15) is 14.4 Å². The van der Waals surface area contributed by atoms with Crippen molar-refractivity contribution in [3.05, 3.63) is 58.7 Å². The number of aromatic nitrogens is 2. The Labute approximate surface area is 249 Å². The SMILES string of the molecule is NC1CCN(C(=O)C(Cc2cc(Cl)c3[nH]ncc3c2)OC(=O)N2CCC(N3CCc4ccccc4NC3=O)CC2)CC1. The number of piperidine rings is 2. The normalized spacial score (nSPS) is 19.3. The second-order valence-electron chi connectivity index (χ2n) is 11.4. The lowest BCUT2D eigenvalue weighted by atomic mass is 10.0. The highest BCUT2D eigenvalue weighted by Crippen LogP contribution is 2.27. The zero-order valence-corrected chi connectivity index (χ0v) is 24.2. The van der Waals surface area contributed by atoms with Gasteiger partial charge in [0.2, 0.25) is 0 Å². The molecular weight excluding hydrogens is 558 g/mol. The maximum atomic E-state index is 13.6. The first-order chi connectivity index (χ1) is 20.4. The molecule has 4 amide bonds. The molecule has 3 aliphatic rings. The number of nitrogens with one attached hydrogen (secondary N) is 2. The first-order valence-electron chi connectivity index (χ1n) is 14.6. The van der Waals surface area contributed by atoms with Crippen LogP contribution in [0.5, 0.6) is 0 Å². The zero-order valence-electron chi connectivity index (χ0n) is 23.4. The smallest absolute Gasteiger partial charge is 0.410 e. The van der Waals surface area contributed by atoms with Crippen molar-refractivity contribution < 1.29 is 19.1 Å². The molecule has 6 rings (SSSR count). The summed E-state index contributed by atoms with van der Waals surface area (Å²) in [5, 5.41) is 11.3. The predicted molar refractivity (Wildman–Crippen MR) is 159 cm³/mol. The highest BCUT2D eigenvalue weighted by atomic mass is 35.5. The van der Waals surface area contributed by atoms with Gasteiger partial charge in [0.25, 0.3) is 5.91 Å². The van der Waals surface area contributed by atoms with Gasteiger partial charge >= 0.3 is 12.1 Å². The van der Waals surface area contributed by atoms with Crippen LogP contribution in [0.2, 0.25) is 5.02 Å². The first-order valence-corrected chi connectivity index (χ1v) is 15.0. The number of hydrogen-bond acceptors (Lipinski definition) is 6. The van der Waals surface area contributed by atoms with Gasteiger partial charge in [0.15, 0.2) is 6.10 Å². The summed E-state index contributed by atoms with van der Waals surface area (Å²) < 4.78 is 5.94. The fourth-order valence-electron chi connectivity index (χ4n) is 6.20. The molecule has 4 heterocycles. The molecule has 3 aromatic rings. The van der Waals surface area contributed by atoms with Crippen molar-refractivity contribution in [3.8, 4) is 0 Å². The Bertz CT molecular complexity index is 1460. The summed E-state index contributed by atoms with van der Waals surface area (Å²) in [4.78, 5) is 45.3. The molecule has 0 radical (unpaired) electrons. The number of ether oxygens (including phenoxy) is 1. The standard InChI is InChI=1S/C30H36ClN7O4/c31-24-16-19(15-21-18-33-35-27(21)24)17-26(28(39)36-10-6-22(32)7-11-36)42-30(41)37-12-8-23(9-13-37)38-14-5-20-3-1-2-4-25(20)34-29(38)40/h1-4,15-16,18,22-23,26H,5-14,17,32H2,(H,33,35)(H,34,40). The molecular formula is C30H36ClN7O4. The average molecular weight is 594 g/mol. The van der Waals surface area contributed by atoms with Crippen LogP contribution in [0.4, 0.5) is 15.3 Å². The summed E-state index contributed by atoms with van der Waals surface area (Å²) in [6.07, 6.45) is 3.80. The number of carbonyl (C=O) groups is 3. The Morgan fingerprint density at radius 1 is 1.05 bits per heavy atom. The lowest BCUT2D eigenvalue weighted by Gasteiger charge is -2.38. The number of likely N-dealkylation sites (tertiary alicyclic amines) is 2. The van der Waals surface area contributed by atoms with Gasteiger partial charge in [-0.1, -0.05) is 29.8 Å². The van der Waals surface area contributed by atoms with E-state index in [2.05, 4.69) is 15.5 Å². The van der Waals surface area contributed by atoms with Crippen LogP contribution in [-0.2, 0) is 22.4 Å². The number of hydrogen-bond donors (Lipinski definition) is 3. The van der Waals surface area contributed by atoms with E-state index in [-0.39, 0.29) is 30.4 Å². The highest BCUT2D eigenvalue weighted by molar-refractivity contribution is 6.35. The van der Waals surface area contributed by atoms with Gasteiger partial charge in [-0.2, -0.15) is 5.10 Å². The van der Waals surface area contributed by atoms with Crippen LogP contribution in [-0.4, -0.2) is 93.8 Å². The van der Waals surface area contributed by atoms with Crippen molar-refractivity contribution in [2.75, 3.05) is 38.0 Å². The summed E-state index contributed by atoms with van der Waals surface area (Å²) in [5.74, 6) is -0.227. The van der Waals surface area contributed by atoms with Gasteiger partial charge in [0.1, 0.15) is 0 Å². The van der Waals surface area contributed by atoms with E-state index in [1.165, 1.54) is 0 Å². The van der Waals surface area contributed by atoms with Crippen molar-refractivity contribution in [2.45, 2.75) is 56.7 Å². The third kappa shape index (κ3) is 6.03. The fraction of sp³-hybridized carbons (Fsp3) is 0.467. The number of nitrogens with zero attached hydrogens (tertiary/aromatic N) is 4. The van der Waals surface area contributed by atoms with Crippen LogP contribution in [0.25, 0.3) is 10.9 Å². The van der Waals surface area contributed by atoms with Gasteiger partial charge in [-0.15, -0.1) is 0 Å². The van der Waals surface area contributed by atoms with Gasteiger partial charge < -0.3 is 30.5 Å². The molecule has 42 heavy (non-hydrogen) atoms. The molecule has 222 valence electrons. The quantitative estimate of drug-likeness (QED) is 0.412. The number of para-hydroxylation sites is 1. The summed E-state index contributed by atoms with van der Waals surface area (Å²) >= 11 is 6.45. The number of carbonyl (C=O) groups excluding carboxylic acids is 3. The van der Waals surface area contributed by atoms with E-state index in [0.717, 1.165) is 34.1 Å². The third-order valence-electron chi connectivity index (χ3n) is 8.66. The minimum absolute atomic E-state index is 0.0159. The van der Waals surface area contributed by atoms with Crippen molar-refractivity contribution >= 4 is 46.2 Å². The van der Waals surface area contributed by atoms with Gasteiger partial charge in [-0.05, 0) is 61.4 Å². The number of fused-ring (bicyclic) bond motifs is 2. The molecule has 3 aliphatic heterocycles. The lowest BCUT2D eigenvalue weighted by molar-refractivity contribution is -0.142. The van der Waals surface area contributed by atoms with Crippen LogP contribution < -0.4 is 11.1 Å². The van der Waals surface area contributed by atoms with E-state index in [1.54, 1.807) is 22.1 Å². The third-order valence-corrected chi connectivity index (χ3v) is 8.95. The van der Waals surface area contributed by atoms with Crippen molar-refractivity contribution in [1.29, 1.82) is 0 Å². The molecule has 0 saturated carbocycles. The number of halogens is 1. The molecule has 0 aliphatic carbocycles. The molecule has 2 aromatic carbocycles. The Balaban J connectivity index is 1.11. The van der Waals surface area contributed by atoms with Crippen LogP contribution >= 0.6 is 11.6 Å². The molecule has 2 saturated heterocycles. The largest absolute Gasteiger partial charge is 0.436 e. The van der Waals surface area contributed by atoms with E-state index < -0.39 is 12.2 Å². The summed E-state index contributed by atoms with van der Waals surface area (Å²) in [7, 11) is 0. The van der Waals surface area contributed by atoms with Gasteiger partial charge in [0, 0.05) is 62.3 Å². The summed E-state index contributed by atoms with van der Waals surface area (Å²) in [6.45, 7) is 2.56. The number of aromatic amines is 1. The number of amides is 4. The van der Waals surface area contributed by atoms with Crippen LogP contribution in [0.1, 0.15) is 36.8 Å². The summed E-state index contributed by atoms with van der Waals surface area (Å²) in [6, 6.07) is 11.5. The van der Waals surface area contributed by atoms with Crippen molar-refractivity contribution in [2.24, 2.45) is 5.73 Å². The van der Waals surface area contributed by atoms with Crippen LogP contribution in [0.15, 0.2) is 42.6 Å². The fourth-order valence-corrected chi connectivity index (χ4v) is 6.49. The Morgan fingerprint density at radius 2 is 1.79 bits per heavy atom. The van der Waals surface area contributed by atoms with Gasteiger partial charge in [-0.3, -0.25) is 9.89 Å². The topological polar surface area (TPSA) is 137 Å². The number of nitrogens with two attached hydrogens (primary N) is 1. The maximum Gasteiger partial charge on any atom is 0.410 e. The van der Waals surface area contributed by atoms with E-state index in [1.807, 2.05) is 35.2 Å². The number of anilines is 1. The molecule has 0 spiro atoms. The number of rotatable bonds is 5. The van der Waals surface area contributed by atoms with E-state index >= 15 is 0 Å². The maximum absolute atomic E-state index is 13.6.